The summed E-state index contributed by atoms with van der Waals surface area (Å²) in [7, 11) is 0. The van der Waals surface area contributed by atoms with Crippen molar-refractivity contribution >= 4 is 16.7 Å². The number of nitro groups is 1. The average Bonchev–Trinajstić information content (AvgIpc) is 2.99. The Bertz CT molecular complexity index is 814. The van der Waals surface area contributed by atoms with Crippen LogP contribution in [0, 0.1) is 10.1 Å². The topological polar surface area (TPSA) is 81.1 Å². The van der Waals surface area contributed by atoms with Crippen LogP contribution in [0.3, 0.4) is 0 Å². The highest BCUT2D eigenvalue weighted by Gasteiger charge is 2.14. The molecular formula is C17H17N3O3. The van der Waals surface area contributed by atoms with Crippen LogP contribution in [0.4, 0.5) is 5.69 Å². The first-order valence-electron chi connectivity index (χ1n) is 7.39. The first kappa shape index (κ1) is 15.2. The Morgan fingerprint density at radius 3 is 2.78 bits per heavy atom. The Hall–Kier alpha value is -2.73. The van der Waals surface area contributed by atoms with E-state index >= 15 is 0 Å². The van der Waals surface area contributed by atoms with Gasteiger partial charge in [-0.1, -0.05) is 37.3 Å². The van der Waals surface area contributed by atoms with Crippen molar-refractivity contribution in [2.24, 2.45) is 0 Å². The summed E-state index contributed by atoms with van der Waals surface area (Å²) in [6, 6.07) is 14.6. The van der Waals surface area contributed by atoms with Crippen molar-refractivity contribution in [3.63, 3.8) is 0 Å². The number of rotatable bonds is 6. The minimum atomic E-state index is -0.410. The SMILES string of the molecule is C[C@H](COCc1ccccc1)c1nc2ccc([N+](=O)[O-])cc2[nH]1. The lowest BCUT2D eigenvalue weighted by Crippen LogP contribution is -2.06. The molecule has 2 aromatic carbocycles. The monoisotopic (exact) mass is 311 g/mol. The van der Waals surface area contributed by atoms with Crippen molar-refractivity contribution in [3.8, 4) is 0 Å². The summed E-state index contributed by atoms with van der Waals surface area (Å²) in [6.45, 7) is 3.09. The summed E-state index contributed by atoms with van der Waals surface area (Å²) < 4.78 is 5.73. The summed E-state index contributed by atoms with van der Waals surface area (Å²) in [5.41, 5.74) is 2.57. The van der Waals surface area contributed by atoms with Crippen LogP contribution in [0.25, 0.3) is 11.0 Å². The number of aromatic amines is 1. The van der Waals surface area contributed by atoms with E-state index in [-0.39, 0.29) is 11.6 Å². The molecule has 0 saturated carbocycles. The van der Waals surface area contributed by atoms with Crippen molar-refractivity contribution in [2.45, 2.75) is 19.4 Å². The summed E-state index contributed by atoms with van der Waals surface area (Å²) in [6.07, 6.45) is 0. The van der Waals surface area contributed by atoms with Gasteiger partial charge in [0.05, 0.1) is 29.2 Å². The number of benzene rings is 2. The minimum absolute atomic E-state index is 0.0562. The van der Waals surface area contributed by atoms with Gasteiger partial charge >= 0.3 is 0 Å². The number of H-pyrrole nitrogens is 1. The van der Waals surface area contributed by atoms with Gasteiger partial charge in [-0.3, -0.25) is 10.1 Å². The molecule has 0 spiro atoms. The molecule has 0 aliphatic heterocycles. The molecule has 0 bridgehead atoms. The van der Waals surface area contributed by atoms with Gasteiger partial charge in [0.2, 0.25) is 0 Å². The molecular weight excluding hydrogens is 294 g/mol. The number of nitrogens with zero attached hydrogens (tertiary/aromatic N) is 2. The number of hydrogen-bond donors (Lipinski definition) is 1. The number of imidazole rings is 1. The van der Waals surface area contributed by atoms with E-state index in [4.69, 9.17) is 4.74 Å². The summed E-state index contributed by atoms with van der Waals surface area (Å²) in [5, 5.41) is 10.8. The molecule has 0 fully saturated rings. The van der Waals surface area contributed by atoms with Gasteiger partial charge in [0.1, 0.15) is 5.82 Å². The zero-order valence-corrected chi connectivity index (χ0v) is 12.7. The number of nitrogens with one attached hydrogen (secondary N) is 1. The second kappa shape index (κ2) is 6.58. The first-order chi connectivity index (χ1) is 11.1. The van der Waals surface area contributed by atoms with E-state index in [9.17, 15) is 10.1 Å². The van der Waals surface area contributed by atoms with Crippen LogP contribution in [0.5, 0.6) is 0 Å². The Morgan fingerprint density at radius 1 is 1.26 bits per heavy atom. The maximum absolute atomic E-state index is 10.8. The maximum atomic E-state index is 10.8. The zero-order chi connectivity index (χ0) is 16.2. The Kier molecular flexibility index (Phi) is 4.34. The molecule has 1 atom stereocenters. The number of fused-ring (bicyclic) bond motifs is 1. The van der Waals surface area contributed by atoms with Gasteiger partial charge in [0.25, 0.3) is 5.69 Å². The van der Waals surface area contributed by atoms with Crippen LogP contribution in [0.2, 0.25) is 0 Å². The number of ether oxygens (including phenoxy) is 1. The maximum Gasteiger partial charge on any atom is 0.271 e. The van der Waals surface area contributed by atoms with E-state index in [2.05, 4.69) is 9.97 Å². The third kappa shape index (κ3) is 3.54. The molecule has 0 amide bonds. The van der Waals surface area contributed by atoms with E-state index in [0.717, 1.165) is 16.9 Å². The molecule has 3 rings (SSSR count). The number of nitro benzene ring substituents is 1. The van der Waals surface area contributed by atoms with Gasteiger partial charge in [-0.25, -0.2) is 4.98 Å². The van der Waals surface area contributed by atoms with Crippen molar-refractivity contribution in [1.29, 1.82) is 0 Å². The Balaban J connectivity index is 1.66. The fraction of sp³-hybridized carbons (Fsp3) is 0.235. The third-order valence-corrected chi connectivity index (χ3v) is 3.64. The lowest BCUT2D eigenvalue weighted by molar-refractivity contribution is -0.384. The molecule has 23 heavy (non-hydrogen) atoms. The summed E-state index contributed by atoms with van der Waals surface area (Å²) in [5.74, 6) is 0.846. The fourth-order valence-electron chi connectivity index (χ4n) is 2.37. The van der Waals surface area contributed by atoms with Crippen LogP contribution < -0.4 is 0 Å². The van der Waals surface area contributed by atoms with Crippen LogP contribution in [-0.4, -0.2) is 21.5 Å². The van der Waals surface area contributed by atoms with Crippen molar-refractivity contribution < 1.29 is 9.66 Å². The molecule has 0 radical (unpaired) electrons. The standard InChI is InChI=1S/C17H17N3O3/c1-12(10-23-11-13-5-3-2-4-6-13)17-18-15-8-7-14(20(21)22)9-16(15)19-17/h2-9,12H,10-11H2,1H3,(H,18,19)/t12-/m1/s1. The predicted octanol–water partition coefficient (Wildman–Crippen LogP) is 3.79. The molecule has 118 valence electrons. The van der Waals surface area contributed by atoms with E-state index < -0.39 is 4.92 Å². The molecule has 0 saturated heterocycles. The summed E-state index contributed by atoms with van der Waals surface area (Å²) in [4.78, 5) is 18.0. The second-order valence-corrected chi connectivity index (χ2v) is 5.48. The van der Waals surface area contributed by atoms with Gasteiger partial charge in [0.15, 0.2) is 0 Å². The smallest absolute Gasteiger partial charge is 0.271 e. The fourth-order valence-corrected chi connectivity index (χ4v) is 2.37. The van der Waals surface area contributed by atoms with E-state index in [1.807, 2.05) is 37.3 Å². The van der Waals surface area contributed by atoms with Crippen molar-refractivity contribution in [3.05, 3.63) is 70.0 Å². The quantitative estimate of drug-likeness (QED) is 0.554. The van der Waals surface area contributed by atoms with Crippen molar-refractivity contribution in [2.75, 3.05) is 6.61 Å². The Morgan fingerprint density at radius 2 is 2.04 bits per heavy atom. The van der Waals surface area contributed by atoms with Gasteiger partial charge < -0.3 is 9.72 Å². The van der Waals surface area contributed by atoms with Crippen LogP contribution in [0.1, 0.15) is 24.2 Å². The lowest BCUT2D eigenvalue weighted by atomic mass is 10.2. The van der Waals surface area contributed by atoms with Gasteiger partial charge in [-0.05, 0) is 11.6 Å². The number of non-ortho nitro benzene ring substituents is 1. The highest BCUT2D eigenvalue weighted by atomic mass is 16.6. The molecule has 0 unspecified atom stereocenters. The average molecular weight is 311 g/mol. The molecule has 1 heterocycles. The van der Waals surface area contributed by atoms with Crippen LogP contribution >= 0.6 is 0 Å². The highest BCUT2D eigenvalue weighted by molar-refractivity contribution is 5.77. The number of aromatic nitrogens is 2. The Labute approximate surface area is 133 Å². The van der Waals surface area contributed by atoms with E-state index in [0.29, 0.717) is 18.7 Å². The summed E-state index contributed by atoms with van der Waals surface area (Å²) >= 11 is 0. The molecule has 1 N–H and O–H groups in total. The van der Waals surface area contributed by atoms with Crippen LogP contribution in [0.15, 0.2) is 48.5 Å². The third-order valence-electron chi connectivity index (χ3n) is 3.64. The largest absolute Gasteiger partial charge is 0.376 e. The van der Waals surface area contributed by atoms with Gasteiger partial charge in [-0.2, -0.15) is 0 Å². The molecule has 0 aliphatic rings. The molecule has 6 heteroatoms. The molecule has 6 nitrogen and oxygen atoms in total. The minimum Gasteiger partial charge on any atom is -0.376 e. The van der Waals surface area contributed by atoms with E-state index in [1.54, 1.807) is 6.07 Å². The molecule has 3 aromatic rings. The normalized spacial score (nSPS) is 12.4. The molecule has 1 aromatic heterocycles. The van der Waals surface area contributed by atoms with Crippen molar-refractivity contribution in [1.82, 2.24) is 9.97 Å². The van der Waals surface area contributed by atoms with Gasteiger partial charge in [0, 0.05) is 18.1 Å². The number of hydrogen-bond acceptors (Lipinski definition) is 4. The first-order valence-corrected chi connectivity index (χ1v) is 7.39. The van der Waals surface area contributed by atoms with E-state index in [1.165, 1.54) is 12.1 Å². The lowest BCUT2D eigenvalue weighted by Gasteiger charge is -2.09. The van der Waals surface area contributed by atoms with Gasteiger partial charge in [-0.15, -0.1) is 0 Å². The predicted molar refractivity (Wildman–Crippen MR) is 87.3 cm³/mol. The zero-order valence-electron chi connectivity index (χ0n) is 12.7. The van der Waals surface area contributed by atoms with Crippen LogP contribution in [-0.2, 0) is 11.3 Å². The second-order valence-electron chi connectivity index (χ2n) is 5.48. The highest BCUT2D eigenvalue weighted by Crippen LogP contribution is 2.22. The molecule has 0 aliphatic carbocycles.